The van der Waals surface area contributed by atoms with Gasteiger partial charge in [-0.1, -0.05) is 25.0 Å². The van der Waals surface area contributed by atoms with Crippen molar-refractivity contribution < 1.29 is 9.18 Å². The van der Waals surface area contributed by atoms with Crippen molar-refractivity contribution in [2.45, 2.75) is 50.6 Å². The molecule has 5 heteroatoms. The molecule has 0 aromatic heterocycles. The van der Waals surface area contributed by atoms with Crippen molar-refractivity contribution in [3.63, 3.8) is 0 Å². The Hall–Kier alpha value is -1.13. The van der Waals surface area contributed by atoms with Gasteiger partial charge in [-0.15, -0.1) is 12.4 Å². The maximum atomic E-state index is 13.7. The van der Waals surface area contributed by atoms with Crippen molar-refractivity contribution in [1.29, 1.82) is 0 Å². The van der Waals surface area contributed by atoms with E-state index in [-0.39, 0.29) is 23.9 Å². The van der Waals surface area contributed by atoms with Gasteiger partial charge in [0.1, 0.15) is 5.82 Å². The Morgan fingerprint density at radius 2 is 1.64 bits per heavy atom. The van der Waals surface area contributed by atoms with Gasteiger partial charge in [-0.3, -0.25) is 4.79 Å². The molecule has 3 nitrogen and oxygen atoms in total. The number of nitrogens with one attached hydrogen (secondary N) is 1. The fourth-order valence-corrected chi connectivity index (χ4v) is 3.48. The molecule has 1 heterocycles. The lowest BCUT2D eigenvalue weighted by Gasteiger charge is -2.34. The SMILES string of the molecule is Cl.O=C(c1ccccc1F)N1CCC(NC2CCCC2)CC1. The van der Waals surface area contributed by atoms with Crippen molar-refractivity contribution in [2.24, 2.45) is 0 Å². The lowest BCUT2D eigenvalue weighted by molar-refractivity contribution is 0.0697. The topological polar surface area (TPSA) is 32.3 Å². The normalized spacial score (nSPS) is 20.0. The molecule has 2 fully saturated rings. The van der Waals surface area contributed by atoms with Crippen LogP contribution in [0.1, 0.15) is 48.9 Å². The summed E-state index contributed by atoms with van der Waals surface area (Å²) in [7, 11) is 0. The first-order valence-electron chi connectivity index (χ1n) is 8.04. The predicted octanol–water partition coefficient (Wildman–Crippen LogP) is 3.38. The number of nitrogens with zero attached hydrogens (tertiary/aromatic N) is 1. The lowest BCUT2D eigenvalue weighted by atomic mass is 10.0. The number of benzene rings is 1. The molecule has 3 rings (SSSR count). The first-order chi connectivity index (χ1) is 10.2. The molecular weight excluding hydrogens is 303 g/mol. The number of rotatable bonds is 3. The van der Waals surface area contributed by atoms with E-state index in [9.17, 15) is 9.18 Å². The fraction of sp³-hybridized carbons (Fsp3) is 0.588. The van der Waals surface area contributed by atoms with Gasteiger partial charge in [0, 0.05) is 25.2 Å². The van der Waals surface area contributed by atoms with Crippen molar-refractivity contribution in [1.82, 2.24) is 10.2 Å². The number of amides is 1. The summed E-state index contributed by atoms with van der Waals surface area (Å²) in [5, 5.41) is 3.72. The number of likely N-dealkylation sites (tertiary alicyclic amines) is 1. The van der Waals surface area contributed by atoms with Crippen LogP contribution < -0.4 is 5.32 Å². The van der Waals surface area contributed by atoms with Crippen LogP contribution in [0.4, 0.5) is 4.39 Å². The maximum Gasteiger partial charge on any atom is 0.256 e. The van der Waals surface area contributed by atoms with Crippen LogP contribution in [0, 0.1) is 5.82 Å². The van der Waals surface area contributed by atoms with Gasteiger partial charge in [0.15, 0.2) is 0 Å². The second-order valence-corrected chi connectivity index (χ2v) is 6.19. The summed E-state index contributed by atoms with van der Waals surface area (Å²) in [5.41, 5.74) is 0.194. The van der Waals surface area contributed by atoms with E-state index in [1.165, 1.54) is 31.7 Å². The Morgan fingerprint density at radius 1 is 1.05 bits per heavy atom. The van der Waals surface area contributed by atoms with Crippen LogP contribution in [0.5, 0.6) is 0 Å². The summed E-state index contributed by atoms with van der Waals surface area (Å²) >= 11 is 0. The molecule has 0 unspecified atom stereocenters. The highest BCUT2D eigenvalue weighted by molar-refractivity contribution is 5.94. The molecule has 1 aliphatic heterocycles. The van der Waals surface area contributed by atoms with Gasteiger partial charge in [-0.05, 0) is 37.8 Å². The largest absolute Gasteiger partial charge is 0.338 e. The summed E-state index contributed by atoms with van der Waals surface area (Å²) in [5.74, 6) is -0.596. The molecule has 22 heavy (non-hydrogen) atoms. The summed E-state index contributed by atoms with van der Waals surface area (Å²) in [6, 6.07) is 7.43. The molecule has 1 N–H and O–H groups in total. The van der Waals surface area contributed by atoms with Crippen LogP contribution in [0.25, 0.3) is 0 Å². The Morgan fingerprint density at radius 3 is 2.27 bits per heavy atom. The van der Waals surface area contributed by atoms with Crippen molar-refractivity contribution >= 4 is 18.3 Å². The number of hydrogen-bond donors (Lipinski definition) is 1. The zero-order valence-electron chi connectivity index (χ0n) is 12.8. The van der Waals surface area contributed by atoms with Gasteiger partial charge in [0.2, 0.25) is 0 Å². The average Bonchev–Trinajstić information content (AvgIpc) is 3.01. The Labute approximate surface area is 137 Å². The first kappa shape index (κ1) is 17.2. The molecule has 0 bridgehead atoms. The van der Waals surface area contributed by atoms with E-state index in [4.69, 9.17) is 0 Å². The van der Waals surface area contributed by atoms with Gasteiger partial charge in [0.05, 0.1) is 5.56 Å². The Bertz CT molecular complexity index is 497. The summed E-state index contributed by atoms with van der Waals surface area (Å²) in [6.45, 7) is 1.44. The second-order valence-electron chi connectivity index (χ2n) is 6.19. The van der Waals surface area contributed by atoms with E-state index < -0.39 is 5.82 Å². The third kappa shape index (κ3) is 3.99. The van der Waals surface area contributed by atoms with Gasteiger partial charge < -0.3 is 10.2 Å². The minimum atomic E-state index is -0.422. The van der Waals surface area contributed by atoms with Crippen LogP contribution in [0.15, 0.2) is 24.3 Å². The molecule has 1 amide bonds. The minimum Gasteiger partial charge on any atom is -0.338 e. The standard InChI is InChI=1S/C17H23FN2O.ClH/c18-16-8-4-3-7-15(16)17(21)20-11-9-14(10-12-20)19-13-5-1-2-6-13;/h3-4,7-8,13-14,19H,1-2,5-6,9-12H2;1H. The van der Waals surface area contributed by atoms with Gasteiger partial charge >= 0.3 is 0 Å². The monoisotopic (exact) mass is 326 g/mol. The van der Waals surface area contributed by atoms with Crippen LogP contribution in [-0.4, -0.2) is 36.0 Å². The molecule has 0 radical (unpaired) electrons. The zero-order valence-corrected chi connectivity index (χ0v) is 13.6. The smallest absolute Gasteiger partial charge is 0.256 e. The van der Waals surface area contributed by atoms with E-state index in [2.05, 4.69) is 5.32 Å². The highest BCUT2D eigenvalue weighted by Crippen LogP contribution is 2.21. The molecule has 0 atom stereocenters. The zero-order chi connectivity index (χ0) is 14.7. The fourth-order valence-electron chi connectivity index (χ4n) is 3.48. The maximum absolute atomic E-state index is 13.7. The molecule has 1 saturated carbocycles. The third-order valence-electron chi connectivity index (χ3n) is 4.71. The first-order valence-corrected chi connectivity index (χ1v) is 8.04. The molecule has 2 aliphatic rings. The van der Waals surface area contributed by atoms with E-state index in [0.717, 1.165) is 25.9 Å². The molecule has 1 aromatic carbocycles. The lowest BCUT2D eigenvalue weighted by Crippen LogP contribution is -2.47. The van der Waals surface area contributed by atoms with E-state index >= 15 is 0 Å². The number of carbonyl (C=O) groups is 1. The average molecular weight is 327 g/mol. The molecular formula is C17H24ClFN2O. The van der Waals surface area contributed by atoms with E-state index in [1.54, 1.807) is 23.1 Å². The summed E-state index contributed by atoms with van der Waals surface area (Å²) in [6.07, 6.45) is 7.18. The van der Waals surface area contributed by atoms with Gasteiger partial charge in [-0.2, -0.15) is 0 Å². The minimum absolute atomic E-state index is 0. The van der Waals surface area contributed by atoms with Crippen LogP contribution in [-0.2, 0) is 0 Å². The predicted molar refractivity (Wildman–Crippen MR) is 88.0 cm³/mol. The van der Waals surface area contributed by atoms with Crippen molar-refractivity contribution in [2.75, 3.05) is 13.1 Å². The molecule has 122 valence electrons. The number of carbonyl (C=O) groups excluding carboxylic acids is 1. The van der Waals surface area contributed by atoms with Crippen LogP contribution in [0.2, 0.25) is 0 Å². The second kappa shape index (κ2) is 7.93. The highest BCUT2D eigenvalue weighted by atomic mass is 35.5. The summed E-state index contributed by atoms with van der Waals surface area (Å²) in [4.78, 5) is 14.1. The number of piperidine rings is 1. The molecule has 1 aliphatic carbocycles. The highest BCUT2D eigenvalue weighted by Gasteiger charge is 2.27. The van der Waals surface area contributed by atoms with Crippen molar-refractivity contribution in [3.05, 3.63) is 35.6 Å². The molecule has 0 spiro atoms. The summed E-state index contributed by atoms with van der Waals surface area (Å²) < 4.78 is 13.7. The van der Waals surface area contributed by atoms with Crippen LogP contribution >= 0.6 is 12.4 Å². The Kier molecular flexibility index (Phi) is 6.21. The van der Waals surface area contributed by atoms with Crippen LogP contribution in [0.3, 0.4) is 0 Å². The van der Waals surface area contributed by atoms with E-state index in [1.807, 2.05) is 0 Å². The molecule has 1 saturated heterocycles. The Balaban J connectivity index is 0.00000176. The van der Waals surface area contributed by atoms with E-state index in [0.29, 0.717) is 12.1 Å². The van der Waals surface area contributed by atoms with Crippen molar-refractivity contribution in [3.8, 4) is 0 Å². The quantitative estimate of drug-likeness (QED) is 0.923. The number of halogens is 2. The van der Waals surface area contributed by atoms with Gasteiger partial charge in [-0.25, -0.2) is 4.39 Å². The third-order valence-corrected chi connectivity index (χ3v) is 4.71. The number of hydrogen-bond acceptors (Lipinski definition) is 2. The van der Waals surface area contributed by atoms with Gasteiger partial charge in [0.25, 0.3) is 5.91 Å². The molecule has 1 aromatic rings.